The summed E-state index contributed by atoms with van der Waals surface area (Å²) < 4.78 is 0. The molecule has 0 saturated carbocycles. The average Bonchev–Trinajstić information content (AvgIpc) is 2.97. The van der Waals surface area contributed by atoms with Gasteiger partial charge in [0, 0.05) is 11.6 Å². The number of rotatable bonds is 2. The van der Waals surface area contributed by atoms with Crippen LogP contribution in [0.15, 0.2) is 41.4 Å². The molecule has 0 saturated heterocycles. The summed E-state index contributed by atoms with van der Waals surface area (Å²) in [7, 11) is 0. The number of thiophene rings is 1. The van der Waals surface area contributed by atoms with Crippen LogP contribution in [0.2, 0.25) is 0 Å². The first-order valence-electron chi connectivity index (χ1n) is 5.28. The van der Waals surface area contributed by atoms with E-state index in [0.717, 1.165) is 9.86 Å². The first-order chi connectivity index (χ1) is 9.35. The summed E-state index contributed by atoms with van der Waals surface area (Å²) in [5.74, 6) is 0. The summed E-state index contributed by atoms with van der Waals surface area (Å²) in [6, 6.07) is 3.61. The fourth-order valence-electron chi connectivity index (χ4n) is 1.30. The Morgan fingerprint density at radius 3 is 2.74 bits per heavy atom. The molecule has 0 aliphatic rings. The van der Waals surface area contributed by atoms with Gasteiger partial charge in [0.15, 0.2) is 6.29 Å². The van der Waals surface area contributed by atoms with Crippen LogP contribution in [0.3, 0.4) is 0 Å². The number of fused-ring (bicyclic) bond motifs is 1. The van der Waals surface area contributed by atoms with Gasteiger partial charge in [-0.25, -0.2) is 19.9 Å². The summed E-state index contributed by atoms with van der Waals surface area (Å²) in [5.41, 5.74) is 0.417. The van der Waals surface area contributed by atoms with Gasteiger partial charge >= 0.3 is 0 Å². The van der Waals surface area contributed by atoms with E-state index in [1.165, 1.54) is 17.9 Å². The Morgan fingerprint density at radius 1 is 1.21 bits per heavy atom. The third-order valence-electron chi connectivity index (χ3n) is 2.14. The molecule has 0 aliphatic heterocycles. The Kier molecular flexibility index (Phi) is 4.93. The largest absolute Gasteiger partial charge is 0.296 e. The minimum Gasteiger partial charge on any atom is -0.296 e. The molecule has 0 spiro atoms. The summed E-state index contributed by atoms with van der Waals surface area (Å²) in [6.45, 7) is 0. The van der Waals surface area contributed by atoms with Gasteiger partial charge in [0.1, 0.15) is 28.2 Å². The normalized spacial score (nSPS) is 9.74. The molecule has 0 atom stereocenters. The summed E-state index contributed by atoms with van der Waals surface area (Å²) in [6.07, 6.45) is 7.19. The van der Waals surface area contributed by atoms with Crippen molar-refractivity contribution in [3.63, 3.8) is 0 Å². The molecule has 3 heterocycles. The van der Waals surface area contributed by atoms with Crippen molar-refractivity contribution in [1.29, 1.82) is 0 Å². The van der Waals surface area contributed by atoms with Crippen molar-refractivity contribution in [3.8, 4) is 0 Å². The molecule has 7 heteroatoms. The zero-order valence-electron chi connectivity index (χ0n) is 10.1. The predicted molar refractivity (Wildman–Crippen MR) is 76.6 cm³/mol. The predicted octanol–water partition coefficient (Wildman–Crippen LogP) is 2.70. The minimum absolute atomic E-state index is 0.417. The van der Waals surface area contributed by atoms with Crippen molar-refractivity contribution in [2.75, 3.05) is 6.26 Å². The molecule has 5 nitrogen and oxygen atoms in total. The van der Waals surface area contributed by atoms with E-state index in [0.29, 0.717) is 12.0 Å². The van der Waals surface area contributed by atoms with Gasteiger partial charge in [-0.2, -0.15) is 0 Å². The lowest BCUT2D eigenvalue weighted by molar-refractivity contribution is 0.111. The SMILES string of the molecule is CSc1ncnc2sccc12.O=Cc1ccncn1. The molecule has 96 valence electrons. The molecule has 19 heavy (non-hydrogen) atoms. The molecular formula is C12H10N4OS2. The molecule has 0 bridgehead atoms. The van der Waals surface area contributed by atoms with Crippen LogP contribution in [0.1, 0.15) is 10.5 Å². The standard InChI is InChI=1S/C7H6N2S2.C5H4N2O/c1-10-6-5-2-3-11-7(5)9-4-8-6;8-3-5-1-2-6-4-7-5/h2-4H,1H3;1-4H. The van der Waals surface area contributed by atoms with E-state index >= 15 is 0 Å². The molecule has 3 aromatic rings. The van der Waals surface area contributed by atoms with Crippen molar-refractivity contribution < 1.29 is 4.79 Å². The van der Waals surface area contributed by atoms with Gasteiger partial charge in [0.05, 0.1) is 0 Å². The second-order valence-electron chi connectivity index (χ2n) is 3.27. The highest BCUT2D eigenvalue weighted by Gasteiger charge is 2.01. The number of hydrogen-bond donors (Lipinski definition) is 0. The van der Waals surface area contributed by atoms with Crippen LogP contribution >= 0.6 is 23.1 Å². The van der Waals surface area contributed by atoms with E-state index in [9.17, 15) is 4.79 Å². The van der Waals surface area contributed by atoms with E-state index in [2.05, 4.69) is 26.0 Å². The van der Waals surface area contributed by atoms with E-state index in [1.807, 2.05) is 11.6 Å². The van der Waals surface area contributed by atoms with Gasteiger partial charge in [-0.05, 0) is 23.8 Å². The third kappa shape index (κ3) is 3.55. The van der Waals surface area contributed by atoms with Crippen molar-refractivity contribution in [2.24, 2.45) is 0 Å². The lowest BCUT2D eigenvalue weighted by atomic mass is 10.4. The van der Waals surface area contributed by atoms with Crippen molar-refractivity contribution in [3.05, 3.63) is 42.1 Å². The molecular weight excluding hydrogens is 280 g/mol. The second kappa shape index (κ2) is 6.91. The number of hydrogen-bond acceptors (Lipinski definition) is 7. The van der Waals surface area contributed by atoms with Crippen LogP contribution in [0.5, 0.6) is 0 Å². The molecule has 0 N–H and O–H groups in total. The number of aromatic nitrogens is 4. The van der Waals surface area contributed by atoms with Crippen LogP contribution in [0.4, 0.5) is 0 Å². The minimum atomic E-state index is 0.417. The maximum absolute atomic E-state index is 9.92. The van der Waals surface area contributed by atoms with E-state index in [-0.39, 0.29) is 0 Å². The Bertz CT molecular complexity index is 657. The second-order valence-corrected chi connectivity index (χ2v) is 4.96. The zero-order chi connectivity index (χ0) is 13.5. The average molecular weight is 290 g/mol. The number of thioether (sulfide) groups is 1. The fraction of sp³-hybridized carbons (Fsp3) is 0.0833. The van der Waals surface area contributed by atoms with Crippen LogP contribution in [-0.4, -0.2) is 32.5 Å². The van der Waals surface area contributed by atoms with Crippen LogP contribution < -0.4 is 0 Å². The smallest absolute Gasteiger partial charge is 0.168 e. The number of carbonyl (C=O) groups excluding carboxylic acids is 1. The Hall–Kier alpha value is -1.86. The van der Waals surface area contributed by atoms with Crippen LogP contribution in [0.25, 0.3) is 10.2 Å². The Balaban J connectivity index is 0.000000148. The van der Waals surface area contributed by atoms with Crippen LogP contribution in [-0.2, 0) is 0 Å². The monoisotopic (exact) mass is 290 g/mol. The maximum atomic E-state index is 9.92. The van der Waals surface area contributed by atoms with Gasteiger partial charge in [-0.15, -0.1) is 23.1 Å². The van der Waals surface area contributed by atoms with E-state index in [1.54, 1.807) is 35.5 Å². The molecule has 0 amide bonds. The number of aldehydes is 1. The first-order valence-corrected chi connectivity index (χ1v) is 7.39. The number of nitrogens with zero attached hydrogens (tertiary/aromatic N) is 4. The molecule has 0 unspecified atom stereocenters. The summed E-state index contributed by atoms with van der Waals surface area (Å²) in [4.78, 5) is 26.5. The highest BCUT2D eigenvalue weighted by molar-refractivity contribution is 7.98. The summed E-state index contributed by atoms with van der Waals surface area (Å²) in [5, 5.41) is 4.28. The van der Waals surface area contributed by atoms with E-state index in [4.69, 9.17) is 0 Å². The lowest BCUT2D eigenvalue weighted by Gasteiger charge is -1.94. The van der Waals surface area contributed by atoms with Crippen LogP contribution in [0, 0.1) is 0 Å². The van der Waals surface area contributed by atoms with E-state index < -0.39 is 0 Å². The van der Waals surface area contributed by atoms with Gasteiger partial charge in [-0.3, -0.25) is 4.79 Å². The van der Waals surface area contributed by atoms with Gasteiger partial charge in [-0.1, -0.05) is 0 Å². The molecule has 0 fully saturated rings. The highest BCUT2D eigenvalue weighted by Crippen LogP contribution is 2.25. The number of carbonyl (C=O) groups is 1. The maximum Gasteiger partial charge on any atom is 0.168 e. The van der Waals surface area contributed by atoms with Gasteiger partial charge < -0.3 is 0 Å². The van der Waals surface area contributed by atoms with Crippen molar-refractivity contribution in [1.82, 2.24) is 19.9 Å². The molecule has 3 rings (SSSR count). The molecule has 0 radical (unpaired) electrons. The van der Waals surface area contributed by atoms with Gasteiger partial charge in [0.2, 0.25) is 0 Å². The zero-order valence-corrected chi connectivity index (χ0v) is 11.7. The molecule has 0 aliphatic carbocycles. The third-order valence-corrected chi connectivity index (χ3v) is 3.68. The Morgan fingerprint density at radius 2 is 2.11 bits per heavy atom. The topological polar surface area (TPSA) is 68.6 Å². The lowest BCUT2D eigenvalue weighted by Crippen LogP contribution is -1.83. The first kappa shape index (κ1) is 13.6. The highest BCUT2D eigenvalue weighted by atomic mass is 32.2. The van der Waals surface area contributed by atoms with Crippen molar-refractivity contribution in [2.45, 2.75) is 5.03 Å². The summed E-state index contributed by atoms with van der Waals surface area (Å²) >= 11 is 3.31. The molecule has 3 aromatic heterocycles. The fourth-order valence-corrected chi connectivity index (χ4v) is 2.64. The quantitative estimate of drug-likeness (QED) is 0.410. The van der Waals surface area contributed by atoms with Gasteiger partial charge in [0.25, 0.3) is 0 Å². The molecule has 0 aromatic carbocycles. The van der Waals surface area contributed by atoms with Crippen molar-refractivity contribution >= 4 is 39.6 Å². The Labute approximate surface area is 118 Å².